The molecule has 21 heavy (non-hydrogen) atoms. The summed E-state index contributed by atoms with van der Waals surface area (Å²) in [5.74, 6) is -0.472. The summed E-state index contributed by atoms with van der Waals surface area (Å²) in [7, 11) is 1.31. The van der Waals surface area contributed by atoms with E-state index < -0.39 is 5.97 Å². The van der Waals surface area contributed by atoms with E-state index in [1.165, 1.54) is 7.11 Å². The van der Waals surface area contributed by atoms with Gasteiger partial charge in [0, 0.05) is 27.8 Å². The van der Waals surface area contributed by atoms with E-state index >= 15 is 0 Å². The lowest BCUT2D eigenvalue weighted by Crippen LogP contribution is -2.21. The van der Waals surface area contributed by atoms with E-state index in [-0.39, 0.29) is 0 Å². The van der Waals surface area contributed by atoms with Crippen molar-refractivity contribution in [2.45, 2.75) is 6.54 Å². The molecular formula is C15H14Cl2N2O2. The first kappa shape index (κ1) is 15.6. The lowest BCUT2D eigenvalue weighted by Gasteiger charge is -2.12. The molecule has 110 valence electrons. The minimum atomic E-state index is -0.472. The van der Waals surface area contributed by atoms with Gasteiger partial charge in [-0.2, -0.15) is 0 Å². The van der Waals surface area contributed by atoms with Crippen molar-refractivity contribution in [3.05, 3.63) is 63.6 Å². The highest BCUT2D eigenvalue weighted by Gasteiger charge is 2.13. The van der Waals surface area contributed by atoms with Gasteiger partial charge in [0.05, 0.1) is 12.7 Å². The molecule has 0 unspecified atom stereocenters. The molecule has 0 atom stereocenters. The van der Waals surface area contributed by atoms with Gasteiger partial charge >= 0.3 is 5.97 Å². The van der Waals surface area contributed by atoms with E-state index in [0.29, 0.717) is 27.7 Å². The molecule has 6 heteroatoms. The van der Waals surface area contributed by atoms with Gasteiger partial charge in [-0.1, -0.05) is 41.4 Å². The molecule has 0 aromatic heterocycles. The Morgan fingerprint density at radius 2 is 1.76 bits per heavy atom. The van der Waals surface area contributed by atoms with Crippen molar-refractivity contribution in [3.8, 4) is 0 Å². The molecule has 2 N–H and O–H groups in total. The Hall–Kier alpha value is -1.75. The molecule has 2 rings (SSSR count). The van der Waals surface area contributed by atoms with Gasteiger partial charge in [-0.3, -0.25) is 0 Å². The predicted octanol–water partition coefficient (Wildman–Crippen LogP) is 3.90. The van der Waals surface area contributed by atoms with Crippen LogP contribution in [0.25, 0.3) is 0 Å². The number of ether oxygens (including phenoxy) is 1. The van der Waals surface area contributed by atoms with Crippen molar-refractivity contribution in [1.29, 1.82) is 0 Å². The highest BCUT2D eigenvalue weighted by atomic mass is 35.5. The molecule has 0 aliphatic carbocycles. The molecule has 2 aromatic carbocycles. The molecule has 0 saturated heterocycles. The average molecular weight is 325 g/mol. The summed E-state index contributed by atoms with van der Waals surface area (Å²) in [5.41, 5.74) is 8.02. The standard InChI is InChI=1S/C15H14Cl2N2O2/c1-21-15(20)10-7-13(16)12(14(17)8-10)9-18-19-11-5-3-2-4-6-11/h2-8,18-19H,9H2,1H3. The number of benzene rings is 2. The average Bonchev–Trinajstić information content (AvgIpc) is 2.50. The highest BCUT2D eigenvalue weighted by molar-refractivity contribution is 6.36. The summed E-state index contributed by atoms with van der Waals surface area (Å²) in [6.07, 6.45) is 0. The van der Waals surface area contributed by atoms with Crippen LogP contribution in [0.4, 0.5) is 5.69 Å². The quantitative estimate of drug-likeness (QED) is 0.647. The molecule has 0 heterocycles. The molecule has 0 radical (unpaired) electrons. The second-order valence-electron chi connectivity index (χ2n) is 4.25. The van der Waals surface area contributed by atoms with Crippen LogP contribution in [0.15, 0.2) is 42.5 Å². The first-order valence-corrected chi connectivity index (χ1v) is 6.97. The Labute approximate surface area is 133 Å². The largest absolute Gasteiger partial charge is 0.465 e. The van der Waals surface area contributed by atoms with Crippen LogP contribution in [-0.2, 0) is 11.3 Å². The third-order valence-electron chi connectivity index (χ3n) is 2.83. The van der Waals surface area contributed by atoms with Gasteiger partial charge in [0.1, 0.15) is 0 Å². The monoisotopic (exact) mass is 324 g/mol. The summed E-state index contributed by atoms with van der Waals surface area (Å²) < 4.78 is 4.64. The second kappa shape index (κ2) is 7.31. The van der Waals surface area contributed by atoms with E-state index in [1.54, 1.807) is 12.1 Å². The summed E-state index contributed by atoms with van der Waals surface area (Å²) in [5, 5.41) is 0.815. The zero-order valence-electron chi connectivity index (χ0n) is 11.3. The molecule has 2 aromatic rings. The maximum absolute atomic E-state index is 11.5. The van der Waals surface area contributed by atoms with Crippen LogP contribution in [0.2, 0.25) is 10.0 Å². The third kappa shape index (κ3) is 4.11. The van der Waals surface area contributed by atoms with Crippen molar-refractivity contribution < 1.29 is 9.53 Å². The van der Waals surface area contributed by atoms with Crippen molar-refractivity contribution in [1.82, 2.24) is 5.43 Å². The number of para-hydroxylation sites is 1. The predicted molar refractivity (Wildman–Crippen MR) is 84.7 cm³/mol. The number of hydrogen-bond acceptors (Lipinski definition) is 4. The number of anilines is 1. The summed E-state index contributed by atoms with van der Waals surface area (Å²) in [4.78, 5) is 11.5. The smallest absolute Gasteiger partial charge is 0.337 e. The van der Waals surface area contributed by atoms with E-state index in [0.717, 1.165) is 5.69 Å². The van der Waals surface area contributed by atoms with Gasteiger partial charge in [0.2, 0.25) is 0 Å². The van der Waals surface area contributed by atoms with Crippen LogP contribution in [-0.4, -0.2) is 13.1 Å². The van der Waals surface area contributed by atoms with Gasteiger partial charge in [0.25, 0.3) is 0 Å². The topological polar surface area (TPSA) is 50.4 Å². The number of rotatable bonds is 5. The molecule has 4 nitrogen and oxygen atoms in total. The highest BCUT2D eigenvalue weighted by Crippen LogP contribution is 2.27. The fraction of sp³-hybridized carbons (Fsp3) is 0.133. The maximum Gasteiger partial charge on any atom is 0.337 e. The summed E-state index contributed by atoms with van der Waals surface area (Å²) in [6, 6.07) is 12.7. The van der Waals surface area contributed by atoms with Crippen LogP contribution in [0, 0.1) is 0 Å². The third-order valence-corrected chi connectivity index (χ3v) is 3.51. The minimum absolute atomic E-state index is 0.326. The normalized spacial score (nSPS) is 10.2. The zero-order chi connectivity index (χ0) is 15.2. The lowest BCUT2D eigenvalue weighted by atomic mass is 10.1. The summed E-state index contributed by atoms with van der Waals surface area (Å²) in [6.45, 7) is 0.411. The number of hydrazine groups is 1. The lowest BCUT2D eigenvalue weighted by molar-refractivity contribution is 0.0600. The molecule has 0 saturated carbocycles. The Morgan fingerprint density at radius 3 is 2.33 bits per heavy atom. The van der Waals surface area contributed by atoms with Gasteiger partial charge in [-0.25, -0.2) is 10.2 Å². The number of carbonyl (C=O) groups excluding carboxylic acids is 1. The molecule has 0 aliphatic rings. The molecule has 0 bridgehead atoms. The molecule has 0 spiro atoms. The molecule has 0 aliphatic heterocycles. The Morgan fingerprint density at radius 1 is 1.14 bits per heavy atom. The van der Waals surface area contributed by atoms with Gasteiger partial charge < -0.3 is 10.2 Å². The zero-order valence-corrected chi connectivity index (χ0v) is 12.8. The number of halogens is 2. The first-order valence-electron chi connectivity index (χ1n) is 6.22. The van der Waals surface area contributed by atoms with Crippen LogP contribution >= 0.6 is 23.2 Å². The van der Waals surface area contributed by atoms with Crippen molar-refractivity contribution in [2.75, 3.05) is 12.5 Å². The van der Waals surface area contributed by atoms with Crippen molar-refractivity contribution in [3.63, 3.8) is 0 Å². The number of methoxy groups -OCH3 is 1. The fourth-order valence-electron chi connectivity index (χ4n) is 1.76. The second-order valence-corrected chi connectivity index (χ2v) is 5.07. The number of carbonyl (C=O) groups is 1. The van der Waals surface area contributed by atoms with Gasteiger partial charge in [-0.15, -0.1) is 0 Å². The fourth-order valence-corrected chi connectivity index (χ4v) is 2.38. The Bertz CT molecular complexity index is 610. The van der Waals surface area contributed by atoms with Gasteiger partial charge in [0.15, 0.2) is 0 Å². The number of esters is 1. The molecular weight excluding hydrogens is 311 g/mol. The van der Waals surface area contributed by atoms with E-state index in [1.807, 2.05) is 30.3 Å². The van der Waals surface area contributed by atoms with Crippen molar-refractivity contribution in [2.24, 2.45) is 0 Å². The van der Waals surface area contributed by atoms with Crippen molar-refractivity contribution >= 4 is 34.9 Å². The van der Waals surface area contributed by atoms with Crippen LogP contribution < -0.4 is 10.9 Å². The number of nitrogens with one attached hydrogen (secondary N) is 2. The van der Waals surface area contributed by atoms with Crippen LogP contribution in [0.3, 0.4) is 0 Å². The van der Waals surface area contributed by atoms with E-state index in [2.05, 4.69) is 15.6 Å². The van der Waals surface area contributed by atoms with E-state index in [4.69, 9.17) is 23.2 Å². The number of hydrogen-bond donors (Lipinski definition) is 2. The molecule has 0 amide bonds. The molecule has 0 fully saturated rings. The van der Waals surface area contributed by atoms with Gasteiger partial charge in [-0.05, 0) is 24.3 Å². The minimum Gasteiger partial charge on any atom is -0.465 e. The van der Waals surface area contributed by atoms with Crippen LogP contribution in [0.1, 0.15) is 15.9 Å². The van der Waals surface area contributed by atoms with E-state index in [9.17, 15) is 4.79 Å². The first-order chi connectivity index (χ1) is 10.1. The van der Waals surface area contributed by atoms with Crippen LogP contribution in [0.5, 0.6) is 0 Å². The Balaban J connectivity index is 2.05. The Kier molecular flexibility index (Phi) is 5.44. The SMILES string of the molecule is COC(=O)c1cc(Cl)c(CNNc2ccccc2)c(Cl)c1. The summed E-state index contributed by atoms with van der Waals surface area (Å²) >= 11 is 12.3. The maximum atomic E-state index is 11.5.